The van der Waals surface area contributed by atoms with Crippen molar-refractivity contribution in [1.82, 2.24) is 15.3 Å². The summed E-state index contributed by atoms with van der Waals surface area (Å²) in [6.45, 7) is 2.51. The predicted octanol–water partition coefficient (Wildman–Crippen LogP) is 4.27. The molecule has 26 heavy (non-hydrogen) atoms. The van der Waals surface area contributed by atoms with Gasteiger partial charge in [0.1, 0.15) is 22.7 Å². The zero-order chi connectivity index (χ0) is 17.9. The summed E-state index contributed by atoms with van der Waals surface area (Å²) in [4.78, 5) is 23.1. The van der Waals surface area contributed by atoms with E-state index < -0.39 is 0 Å². The number of furan rings is 1. The molecular formula is C19H22N4O2S. The lowest BCUT2D eigenvalue weighted by atomic mass is 9.95. The molecule has 0 bridgehead atoms. The van der Waals surface area contributed by atoms with Crippen LogP contribution in [-0.2, 0) is 6.54 Å². The molecule has 1 aliphatic carbocycles. The minimum atomic E-state index is 0.00869. The average molecular weight is 370 g/mol. The van der Waals surface area contributed by atoms with Crippen molar-refractivity contribution < 1.29 is 9.21 Å². The van der Waals surface area contributed by atoms with Crippen LogP contribution in [0.5, 0.6) is 0 Å². The van der Waals surface area contributed by atoms with Gasteiger partial charge < -0.3 is 15.1 Å². The van der Waals surface area contributed by atoms with E-state index in [4.69, 9.17) is 4.42 Å². The fraction of sp³-hybridized carbons (Fsp3) is 0.421. The molecule has 4 rings (SSSR count). The standard InChI is InChI=1S/C19H22N4O2S/c1-12-15-17(20-10-14-8-5-9-25-14)21-11-22-19(15)26-16(12)18(24)23-13-6-3-2-4-7-13/h5,8-9,11,13H,2-4,6-7,10H2,1H3,(H,23,24)(H,20,21,22). The lowest BCUT2D eigenvalue weighted by Gasteiger charge is -2.22. The molecule has 7 heteroatoms. The molecule has 0 saturated heterocycles. The summed E-state index contributed by atoms with van der Waals surface area (Å²) in [6.07, 6.45) is 9.00. The quantitative estimate of drug-likeness (QED) is 0.701. The number of fused-ring (bicyclic) bond motifs is 1. The van der Waals surface area contributed by atoms with Gasteiger partial charge >= 0.3 is 0 Å². The molecule has 0 aliphatic heterocycles. The molecule has 1 saturated carbocycles. The average Bonchev–Trinajstić information content (AvgIpc) is 3.29. The van der Waals surface area contributed by atoms with Gasteiger partial charge in [0.25, 0.3) is 5.91 Å². The van der Waals surface area contributed by atoms with E-state index in [0.717, 1.165) is 45.1 Å². The van der Waals surface area contributed by atoms with Crippen molar-refractivity contribution >= 4 is 33.3 Å². The molecule has 0 atom stereocenters. The first-order valence-electron chi connectivity index (χ1n) is 9.03. The number of rotatable bonds is 5. The van der Waals surface area contributed by atoms with Gasteiger partial charge in [0.05, 0.1) is 23.1 Å². The van der Waals surface area contributed by atoms with Crippen LogP contribution in [0.15, 0.2) is 29.1 Å². The van der Waals surface area contributed by atoms with E-state index in [0.29, 0.717) is 12.6 Å². The van der Waals surface area contributed by atoms with Crippen LogP contribution in [0.3, 0.4) is 0 Å². The van der Waals surface area contributed by atoms with Crippen LogP contribution in [0.4, 0.5) is 5.82 Å². The highest BCUT2D eigenvalue weighted by Crippen LogP contribution is 2.33. The number of aryl methyl sites for hydroxylation is 1. The second-order valence-electron chi connectivity index (χ2n) is 6.70. The number of nitrogens with one attached hydrogen (secondary N) is 2. The number of anilines is 1. The molecule has 0 unspecified atom stereocenters. The predicted molar refractivity (Wildman–Crippen MR) is 103 cm³/mol. The van der Waals surface area contributed by atoms with Gasteiger partial charge in [-0.2, -0.15) is 0 Å². The Morgan fingerprint density at radius 3 is 2.92 bits per heavy atom. The molecule has 3 heterocycles. The monoisotopic (exact) mass is 370 g/mol. The smallest absolute Gasteiger partial charge is 0.261 e. The lowest BCUT2D eigenvalue weighted by Crippen LogP contribution is -2.36. The number of nitrogens with zero attached hydrogens (tertiary/aromatic N) is 2. The van der Waals surface area contributed by atoms with Crippen LogP contribution in [0, 0.1) is 6.92 Å². The summed E-state index contributed by atoms with van der Waals surface area (Å²) in [5.74, 6) is 1.58. The highest BCUT2D eigenvalue weighted by atomic mass is 32.1. The van der Waals surface area contributed by atoms with E-state index in [1.807, 2.05) is 19.1 Å². The normalized spacial score (nSPS) is 15.3. The summed E-state index contributed by atoms with van der Waals surface area (Å²) < 4.78 is 5.36. The summed E-state index contributed by atoms with van der Waals surface area (Å²) >= 11 is 1.43. The molecule has 0 spiro atoms. The molecule has 2 N–H and O–H groups in total. The third kappa shape index (κ3) is 3.44. The maximum Gasteiger partial charge on any atom is 0.261 e. The highest BCUT2D eigenvalue weighted by molar-refractivity contribution is 7.20. The number of carbonyl (C=O) groups excluding carboxylic acids is 1. The maximum atomic E-state index is 12.8. The Morgan fingerprint density at radius 1 is 1.31 bits per heavy atom. The molecule has 3 aromatic heterocycles. The summed E-state index contributed by atoms with van der Waals surface area (Å²) in [7, 11) is 0. The van der Waals surface area contributed by atoms with Gasteiger partial charge in [-0.1, -0.05) is 19.3 Å². The SMILES string of the molecule is Cc1c(C(=O)NC2CCCCC2)sc2ncnc(NCc3ccco3)c12. The molecule has 1 amide bonds. The maximum absolute atomic E-state index is 12.8. The fourth-order valence-corrected chi connectivity index (χ4v) is 4.56. The van der Waals surface area contributed by atoms with E-state index >= 15 is 0 Å². The molecular weight excluding hydrogens is 348 g/mol. The van der Waals surface area contributed by atoms with E-state index in [1.165, 1.54) is 36.9 Å². The van der Waals surface area contributed by atoms with Crippen LogP contribution in [0.25, 0.3) is 10.2 Å². The van der Waals surface area contributed by atoms with Gasteiger partial charge in [-0.15, -0.1) is 11.3 Å². The third-order valence-electron chi connectivity index (χ3n) is 4.88. The van der Waals surface area contributed by atoms with Gasteiger partial charge in [-0.25, -0.2) is 9.97 Å². The first-order valence-corrected chi connectivity index (χ1v) is 9.85. The first-order chi connectivity index (χ1) is 12.7. The summed E-state index contributed by atoms with van der Waals surface area (Å²) in [5.41, 5.74) is 0.931. The number of hydrogen-bond acceptors (Lipinski definition) is 6. The van der Waals surface area contributed by atoms with Crippen LogP contribution in [0.2, 0.25) is 0 Å². The molecule has 3 aromatic rings. The molecule has 136 valence electrons. The minimum Gasteiger partial charge on any atom is -0.467 e. The Kier molecular flexibility index (Phi) is 4.88. The van der Waals surface area contributed by atoms with Gasteiger partial charge in [0.2, 0.25) is 0 Å². The Morgan fingerprint density at radius 2 is 2.15 bits per heavy atom. The Bertz CT molecular complexity index is 898. The number of thiophene rings is 1. The Balaban J connectivity index is 1.57. The van der Waals surface area contributed by atoms with Gasteiger partial charge in [0, 0.05) is 6.04 Å². The topological polar surface area (TPSA) is 80.0 Å². The van der Waals surface area contributed by atoms with Crippen molar-refractivity contribution in [1.29, 1.82) is 0 Å². The zero-order valence-electron chi connectivity index (χ0n) is 14.7. The number of aromatic nitrogens is 2. The van der Waals surface area contributed by atoms with E-state index in [1.54, 1.807) is 6.26 Å². The zero-order valence-corrected chi connectivity index (χ0v) is 15.6. The second kappa shape index (κ2) is 7.45. The Hall–Kier alpha value is -2.41. The van der Waals surface area contributed by atoms with Crippen molar-refractivity contribution in [2.45, 2.75) is 51.6 Å². The van der Waals surface area contributed by atoms with E-state index in [-0.39, 0.29) is 5.91 Å². The highest BCUT2D eigenvalue weighted by Gasteiger charge is 2.22. The number of hydrogen-bond donors (Lipinski definition) is 2. The van der Waals surface area contributed by atoms with E-state index in [9.17, 15) is 4.79 Å². The molecule has 0 aromatic carbocycles. The van der Waals surface area contributed by atoms with Crippen molar-refractivity contribution in [2.24, 2.45) is 0 Å². The van der Waals surface area contributed by atoms with Crippen molar-refractivity contribution in [3.8, 4) is 0 Å². The van der Waals surface area contributed by atoms with Crippen LogP contribution in [-0.4, -0.2) is 21.9 Å². The summed E-state index contributed by atoms with van der Waals surface area (Å²) in [5, 5.41) is 7.41. The van der Waals surface area contributed by atoms with Crippen molar-refractivity contribution in [3.05, 3.63) is 40.9 Å². The largest absolute Gasteiger partial charge is 0.467 e. The second-order valence-corrected chi connectivity index (χ2v) is 7.70. The van der Waals surface area contributed by atoms with Crippen molar-refractivity contribution in [2.75, 3.05) is 5.32 Å². The first kappa shape index (κ1) is 17.0. The van der Waals surface area contributed by atoms with Crippen LogP contribution in [0.1, 0.15) is 53.1 Å². The van der Waals surface area contributed by atoms with Gasteiger partial charge in [-0.3, -0.25) is 4.79 Å². The van der Waals surface area contributed by atoms with Crippen molar-refractivity contribution in [3.63, 3.8) is 0 Å². The molecule has 1 fully saturated rings. The summed E-state index contributed by atoms with van der Waals surface area (Å²) in [6, 6.07) is 4.06. The number of carbonyl (C=O) groups is 1. The van der Waals surface area contributed by atoms with Gasteiger partial charge in [-0.05, 0) is 37.5 Å². The van der Waals surface area contributed by atoms with Gasteiger partial charge in [0.15, 0.2) is 0 Å². The fourth-order valence-electron chi connectivity index (χ4n) is 3.50. The third-order valence-corrected chi connectivity index (χ3v) is 6.08. The molecule has 0 radical (unpaired) electrons. The Labute approximate surface area is 156 Å². The number of amides is 1. The van der Waals surface area contributed by atoms with Crippen LogP contribution >= 0.6 is 11.3 Å². The van der Waals surface area contributed by atoms with E-state index in [2.05, 4.69) is 20.6 Å². The molecule has 1 aliphatic rings. The molecule has 6 nitrogen and oxygen atoms in total. The van der Waals surface area contributed by atoms with Crippen LogP contribution < -0.4 is 10.6 Å². The minimum absolute atomic E-state index is 0.00869. The lowest BCUT2D eigenvalue weighted by molar-refractivity contribution is 0.0931.